The lowest BCUT2D eigenvalue weighted by atomic mass is 10.1. The van der Waals surface area contributed by atoms with Gasteiger partial charge in [-0.1, -0.05) is 12.1 Å². The second kappa shape index (κ2) is 12.4. The first kappa shape index (κ1) is 22.2. The first-order valence-corrected chi connectivity index (χ1v) is 10.6. The van der Waals surface area contributed by atoms with E-state index in [-0.39, 0.29) is 0 Å². The number of aliphatic imine (C=N–C) groups is 1. The van der Waals surface area contributed by atoms with E-state index in [1.807, 2.05) is 6.20 Å². The molecule has 0 saturated heterocycles. The molecule has 7 heteroatoms. The smallest absolute Gasteiger partial charge is 0.191 e. The monoisotopic (exact) mass is 404 g/mol. The molecule has 2 aromatic rings. The second-order valence-corrected chi connectivity index (χ2v) is 7.86. The highest BCUT2D eigenvalue weighted by Gasteiger charge is 2.06. The minimum Gasteiger partial charge on any atom is -0.493 e. The fourth-order valence-corrected chi connectivity index (χ4v) is 3.41. The van der Waals surface area contributed by atoms with Gasteiger partial charge >= 0.3 is 0 Å². The van der Waals surface area contributed by atoms with Crippen LogP contribution in [-0.4, -0.2) is 44.4 Å². The largest absolute Gasteiger partial charge is 0.493 e. The van der Waals surface area contributed by atoms with Gasteiger partial charge in [0.25, 0.3) is 0 Å². The highest BCUT2D eigenvalue weighted by molar-refractivity contribution is 7.11. The quantitative estimate of drug-likeness (QED) is 0.341. The maximum absolute atomic E-state index is 5.96. The zero-order chi connectivity index (χ0) is 20.2. The number of aryl methyl sites for hydroxylation is 2. The molecule has 6 nitrogen and oxygen atoms in total. The Labute approximate surface area is 172 Å². The number of methoxy groups -OCH3 is 1. The fourth-order valence-electron chi connectivity index (χ4n) is 2.62. The molecule has 0 atom stereocenters. The van der Waals surface area contributed by atoms with E-state index in [1.165, 1.54) is 10.4 Å². The van der Waals surface area contributed by atoms with Crippen molar-refractivity contribution in [2.45, 2.75) is 40.2 Å². The summed E-state index contributed by atoms with van der Waals surface area (Å²) in [6, 6.07) is 6.26. The summed E-state index contributed by atoms with van der Waals surface area (Å²) in [5.41, 5.74) is 2.26. The van der Waals surface area contributed by atoms with Crippen molar-refractivity contribution in [3.05, 3.63) is 45.4 Å². The van der Waals surface area contributed by atoms with E-state index in [0.29, 0.717) is 19.8 Å². The van der Waals surface area contributed by atoms with Gasteiger partial charge in [-0.25, -0.2) is 9.98 Å². The van der Waals surface area contributed by atoms with Gasteiger partial charge in [0.2, 0.25) is 0 Å². The number of nitrogens with zero attached hydrogens (tertiary/aromatic N) is 2. The summed E-state index contributed by atoms with van der Waals surface area (Å²) in [6.07, 6.45) is 3.68. The molecule has 0 aliphatic heterocycles. The predicted molar refractivity (Wildman–Crippen MR) is 117 cm³/mol. The summed E-state index contributed by atoms with van der Waals surface area (Å²) < 4.78 is 11.0. The van der Waals surface area contributed by atoms with Gasteiger partial charge in [0.05, 0.1) is 18.2 Å². The molecule has 0 spiro atoms. The molecule has 0 saturated carbocycles. The second-order valence-electron chi connectivity index (χ2n) is 6.54. The van der Waals surface area contributed by atoms with Crippen LogP contribution in [0.4, 0.5) is 0 Å². The molecule has 0 radical (unpaired) electrons. The van der Waals surface area contributed by atoms with Crippen LogP contribution in [0.5, 0.6) is 5.75 Å². The lowest BCUT2D eigenvalue weighted by Gasteiger charge is -2.13. The van der Waals surface area contributed by atoms with E-state index in [2.05, 4.69) is 54.6 Å². The molecule has 1 aromatic heterocycles. The summed E-state index contributed by atoms with van der Waals surface area (Å²) in [5.74, 6) is 1.70. The lowest BCUT2D eigenvalue weighted by Crippen LogP contribution is -2.38. The Morgan fingerprint density at radius 3 is 2.79 bits per heavy atom. The third-order valence-corrected chi connectivity index (χ3v) is 5.00. The van der Waals surface area contributed by atoms with Crippen molar-refractivity contribution >= 4 is 17.3 Å². The van der Waals surface area contributed by atoms with Gasteiger partial charge in [-0.05, 0) is 32.4 Å². The maximum atomic E-state index is 5.96. The van der Waals surface area contributed by atoms with Crippen molar-refractivity contribution in [1.29, 1.82) is 0 Å². The zero-order valence-electron chi connectivity index (χ0n) is 17.4. The number of rotatable bonds is 11. The van der Waals surface area contributed by atoms with Gasteiger partial charge in [0.1, 0.15) is 5.75 Å². The average Bonchev–Trinajstić information content (AvgIpc) is 3.09. The van der Waals surface area contributed by atoms with E-state index in [9.17, 15) is 0 Å². The SMILES string of the molecule is CCNC(=NCc1ccc(C)cc1OCCCOC)NCCc1ncc(C)s1. The third kappa shape index (κ3) is 7.86. The molecule has 2 N–H and O–H groups in total. The predicted octanol–water partition coefficient (Wildman–Crippen LogP) is 3.47. The van der Waals surface area contributed by atoms with E-state index in [0.717, 1.165) is 48.2 Å². The summed E-state index contributed by atoms with van der Waals surface area (Å²) in [4.78, 5) is 10.4. The van der Waals surface area contributed by atoms with Crippen molar-refractivity contribution in [2.75, 3.05) is 33.4 Å². The molecular weight excluding hydrogens is 372 g/mol. The maximum Gasteiger partial charge on any atom is 0.191 e. The van der Waals surface area contributed by atoms with E-state index >= 15 is 0 Å². The summed E-state index contributed by atoms with van der Waals surface area (Å²) in [5, 5.41) is 7.83. The molecule has 0 aliphatic rings. The molecule has 154 valence electrons. The molecule has 1 aromatic carbocycles. The lowest BCUT2D eigenvalue weighted by molar-refractivity contribution is 0.172. The topological polar surface area (TPSA) is 67.8 Å². The van der Waals surface area contributed by atoms with E-state index < -0.39 is 0 Å². The Kier molecular flexibility index (Phi) is 9.79. The molecule has 0 amide bonds. The molecule has 0 unspecified atom stereocenters. The number of aromatic nitrogens is 1. The van der Waals surface area contributed by atoms with E-state index in [4.69, 9.17) is 14.5 Å². The summed E-state index contributed by atoms with van der Waals surface area (Å²) in [7, 11) is 1.71. The number of nitrogens with one attached hydrogen (secondary N) is 2. The molecule has 28 heavy (non-hydrogen) atoms. The number of hydrogen-bond donors (Lipinski definition) is 2. The van der Waals surface area contributed by atoms with Crippen LogP contribution in [0, 0.1) is 13.8 Å². The fraction of sp³-hybridized carbons (Fsp3) is 0.524. The highest BCUT2D eigenvalue weighted by Crippen LogP contribution is 2.21. The average molecular weight is 405 g/mol. The van der Waals surface area contributed by atoms with Crippen LogP contribution in [0.15, 0.2) is 29.4 Å². The van der Waals surface area contributed by atoms with Gasteiger partial charge < -0.3 is 20.1 Å². The van der Waals surface area contributed by atoms with Crippen LogP contribution < -0.4 is 15.4 Å². The first-order chi connectivity index (χ1) is 13.6. The Morgan fingerprint density at radius 2 is 2.07 bits per heavy atom. The van der Waals surface area contributed by atoms with E-state index in [1.54, 1.807) is 18.4 Å². The normalized spacial score (nSPS) is 11.5. The van der Waals surface area contributed by atoms with Gasteiger partial charge in [0, 0.05) is 56.3 Å². The Balaban J connectivity index is 1.94. The number of thiazole rings is 1. The molecular formula is C21H32N4O2S. The standard InChI is InChI=1S/C21H32N4O2S/c1-5-22-21(23-10-9-20-24-14-17(3)28-20)25-15-18-8-7-16(2)13-19(18)27-12-6-11-26-4/h7-8,13-14H,5-6,9-12,15H2,1-4H3,(H2,22,23,25). The molecule has 2 rings (SSSR count). The minimum atomic E-state index is 0.561. The van der Waals surface area contributed by atoms with Gasteiger partial charge in [0.15, 0.2) is 5.96 Å². The van der Waals surface area contributed by atoms with Crippen molar-refractivity contribution in [3.8, 4) is 5.75 Å². The number of ether oxygens (including phenoxy) is 2. The van der Waals surface area contributed by atoms with Crippen LogP contribution in [0.3, 0.4) is 0 Å². The molecule has 0 aliphatic carbocycles. The Bertz CT molecular complexity index is 746. The Hall–Kier alpha value is -2.12. The van der Waals surface area contributed by atoms with Gasteiger partial charge in [-0.2, -0.15) is 0 Å². The van der Waals surface area contributed by atoms with Crippen LogP contribution in [-0.2, 0) is 17.7 Å². The van der Waals surface area contributed by atoms with Crippen LogP contribution in [0.1, 0.15) is 34.4 Å². The zero-order valence-corrected chi connectivity index (χ0v) is 18.2. The summed E-state index contributed by atoms with van der Waals surface area (Å²) in [6.45, 7) is 9.73. The number of hydrogen-bond acceptors (Lipinski definition) is 5. The molecule has 0 fully saturated rings. The molecule has 0 bridgehead atoms. The number of guanidine groups is 1. The van der Waals surface area contributed by atoms with Crippen LogP contribution in [0.25, 0.3) is 0 Å². The first-order valence-electron chi connectivity index (χ1n) is 9.77. The van der Waals surface area contributed by atoms with Gasteiger partial charge in [-0.15, -0.1) is 11.3 Å². The van der Waals surface area contributed by atoms with Crippen molar-refractivity contribution < 1.29 is 9.47 Å². The minimum absolute atomic E-state index is 0.561. The van der Waals surface area contributed by atoms with Crippen LogP contribution in [0.2, 0.25) is 0 Å². The summed E-state index contributed by atoms with van der Waals surface area (Å²) >= 11 is 1.74. The number of benzene rings is 1. The highest BCUT2D eigenvalue weighted by atomic mass is 32.1. The van der Waals surface area contributed by atoms with Gasteiger partial charge in [-0.3, -0.25) is 0 Å². The van der Waals surface area contributed by atoms with Crippen molar-refractivity contribution in [3.63, 3.8) is 0 Å². The Morgan fingerprint density at radius 1 is 1.21 bits per heavy atom. The van der Waals surface area contributed by atoms with Crippen molar-refractivity contribution in [2.24, 2.45) is 4.99 Å². The van der Waals surface area contributed by atoms with Crippen molar-refractivity contribution in [1.82, 2.24) is 15.6 Å². The molecule has 1 heterocycles. The third-order valence-electron chi connectivity index (χ3n) is 4.03. The van der Waals surface area contributed by atoms with Crippen LogP contribution >= 0.6 is 11.3 Å².